The average molecular weight is 563 g/mol. The average Bonchev–Trinajstić information content (AvgIpc) is 3.26. The first-order valence-corrected chi connectivity index (χ1v) is 14.1. The summed E-state index contributed by atoms with van der Waals surface area (Å²) in [7, 11) is 0. The number of aryl methyl sites for hydroxylation is 1. The molecular formula is C35H34N2O5. The van der Waals surface area contributed by atoms with E-state index in [4.69, 9.17) is 9.47 Å². The fraction of sp³-hybridized carbons (Fsp3) is 0.229. The first kappa shape index (κ1) is 28.6. The number of pyridine rings is 1. The van der Waals surface area contributed by atoms with Crippen LogP contribution in [-0.2, 0) is 22.7 Å². The minimum absolute atomic E-state index is 0.0390. The van der Waals surface area contributed by atoms with Crippen molar-refractivity contribution in [3.05, 3.63) is 131 Å². The quantitative estimate of drug-likeness (QED) is 0.0939. The minimum Gasteiger partial charge on any atom is -0.507 e. The Balaban J connectivity index is 1.45. The number of hydrogen-bond acceptors (Lipinski definition) is 6. The molecule has 1 aliphatic heterocycles. The molecule has 1 saturated heterocycles. The van der Waals surface area contributed by atoms with Gasteiger partial charge in [0, 0.05) is 24.5 Å². The van der Waals surface area contributed by atoms with E-state index in [9.17, 15) is 14.7 Å². The summed E-state index contributed by atoms with van der Waals surface area (Å²) in [5.74, 6) is -0.308. The number of benzene rings is 3. The molecule has 1 N–H and O–H groups in total. The number of carbonyl (C=O) groups excluding carboxylic acids is 2. The van der Waals surface area contributed by atoms with Crippen molar-refractivity contribution in [2.45, 2.75) is 45.9 Å². The van der Waals surface area contributed by atoms with E-state index in [1.165, 1.54) is 4.90 Å². The van der Waals surface area contributed by atoms with Gasteiger partial charge in [-0.25, -0.2) is 0 Å². The molecule has 1 unspecified atom stereocenters. The molecule has 1 atom stereocenters. The topological polar surface area (TPSA) is 89.0 Å². The smallest absolute Gasteiger partial charge is 0.295 e. The number of amides is 1. The summed E-state index contributed by atoms with van der Waals surface area (Å²) < 4.78 is 11.8. The Bertz CT molecular complexity index is 1560. The highest BCUT2D eigenvalue weighted by atomic mass is 16.5. The molecule has 1 amide bonds. The summed E-state index contributed by atoms with van der Waals surface area (Å²) in [6.45, 7) is 5.33. The molecule has 1 fully saturated rings. The van der Waals surface area contributed by atoms with Crippen LogP contribution in [0.15, 0.2) is 103 Å². The van der Waals surface area contributed by atoms with Crippen molar-refractivity contribution < 1.29 is 24.2 Å². The minimum atomic E-state index is -0.785. The van der Waals surface area contributed by atoms with Crippen LogP contribution >= 0.6 is 0 Å². The predicted molar refractivity (Wildman–Crippen MR) is 161 cm³/mol. The van der Waals surface area contributed by atoms with Crippen LogP contribution in [0.5, 0.6) is 11.5 Å². The van der Waals surface area contributed by atoms with Crippen LogP contribution in [0, 0.1) is 6.92 Å². The normalized spacial score (nSPS) is 16.0. The van der Waals surface area contributed by atoms with Gasteiger partial charge in [0.05, 0.1) is 18.2 Å². The molecule has 5 rings (SSSR count). The lowest BCUT2D eigenvalue weighted by molar-refractivity contribution is -0.140. The molecule has 0 aliphatic carbocycles. The number of likely N-dealkylation sites (tertiary alicyclic amines) is 1. The van der Waals surface area contributed by atoms with Crippen LogP contribution in [0.1, 0.15) is 53.6 Å². The summed E-state index contributed by atoms with van der Waals surface area (Å²) in [5.41, 5.74) is 4.15. The number of Topliss-reactive ketones (excluding diaryl/α,β-unsaturated/α-hetero) is 1. The summed E-state index contributed by atoms with van der Waals surface area (Å²) in [4.78, 5) is 32.4. The fourth-order valence-corrected chi connectivity index (χ4v) is 4.96. The number of unbranched alkanes of at least 4 members (excludes halogenated alkanes) is 1. The van der Waals surface area contributed by atoms with Crippen LogP contribution in [0.25, 0.3) is 5.76 Å². The molecule has 3 aromatic carbocycles. The molecule has 214 valence electrons. The van der Waals surface area contributed by atoms with Gasteiger partial charge in [-0.3, -0.25) is 14.6 Å². The van der Waals surface area contributed by atoms with Crippen LogP contribution < -0.4 is 9.47 Å². The Kier molecular flexibility index (Phi) is 8.97. The SMILES string of the molecule is CCCCOc1ccc(C2C(=C(O)c3ccc(OCc4ccccc4C)cc3)C(=O)C(=O)N2Cc2cccnc2)cc1. The third-order valence-electron chi connectivity index (χ3n) is 7.36. The maximum absolute atomic E-state index is 13.4. The van der Waals surface area contributed by atoms with Gasteiger partial charge in [0.15, 0.2) is 0 Å². The van der Waals surface area contributed by atoms with Crippen molar-refractivity contribution in [2.24, 2.45) is 0 Å². The van der Waals surface area contributed by atoms with Gasteiger partial charge in [0.25, 0.3) is 11.7 Å². The third kappa shape index (κ3) is 6.36. The summed E-state index contributed by atoms with van der Waals surface area (Å²) in [6, 6.07) is 25.1. The Morgan fingerprint density at radius 2 is 1.62 bits per heavy atom. The zero-order valence-electron chi connectivity index (χ0n) is 23.8. The molecule has 0 spiro atoms. The Hall–Kier alpha value is -4.91. The maximum atomic E-state index is 13.4. The number of aliphatic hydroxyl groups is 1. The van der Waals surface area contributed by atoms with E-state index in [1.807, 2.05) is 61.5 Å². The molecule has 7 heteroatoms. The molecule has 4 aromatic rings. The van der Waals surface area contributed by atoms with Crippen molar-refractivity contribution in [1.82, 2.24) is 9.88 Å². The summed E-state index contributed by atoms with van der Waals surface area (Å²) >= 11 is 0. The zero-order valence-corrected chi connectivity index (χ0v) is 23.8. The van der Waals surface area contributed by atoms with Crippen LogP contribution in [0.3, 0.4) is 0 Å². The highest BCUT2D eigenvalue weighted by molar-refractivity contribution is 6.46. The van der Waals surface area contributed by atoms with E-state index >= 15 is 0 Å². The highest BCUT2D eigenvalue weighted by Gasteiger charge is 2.46. The number of aliphatic hydroxyl groups excluding tert-OH is 1. The van der Waals surface area contributed by atoms with Crippen molar-refractivity contribution in [2.75, 3.05) is 6.61 Å². The molecule has 1 aromatic heterocycles. The summed E-state index contributed by atoms with van der Waals surface area (Å²) in [5, 5.41) is 11.5. The molecule has 0 bridgehead atoms. The number of ketones is 1. The lowest BCUT2D eigenvalue weighted by atomic mass is 9.95. The predicted octanol–water partition coefficient (Wildman–Crippen LogP) is 6.77. The molecule has 42 heavy (non-hydrogen) atoms. The second kappa shape index (κ2) is 13.2. The van der Waals surface area contributed by atoms with E-state index in [1.54, 1.807) is 42.7 Å². The molecular weight excluding hydrogens is 528 g/mol. The molecule has 7 nitrogen and oxygen atoms in total. The van der Waals surface area contributed by atoms with E-state index < -0.39 is 17.7 Å². The van der Waals surface area contributed by atoms with Crippen molar-refractivity contribution in [3.8, 4) is 11.5 Å². The first-order chi connectivity index (χ1) is 20.5. The number of nitrogens with zero attached hydrogens (tertiary/aromatic N) is 2. The van der Waals surface area contributed by atoms with Gasteiger partial charge in [-0.1, -0.05) is 55.8 Å². The van der Waals surface area contributed by atoms with Crippen LogP contribution in [0.2, 0.25) is 0 Å². The monoisotopic (exact) mass is 562 g/mol. The number of carbonyl (C=O) groups is 2. The highest BCUT2D eigenvalue weighted by Crippen LogP contribution is 2.41. The van der Waals surface area contributed by atoms with Gasteiger partial charge in [-0.05, 0) is 78.1 Å². The molecule has 1 aliphatic rings. The van der Waals surface area contributed by atoms with Gasteiger partial charge >= 0.3 is 0 Å². The van der Waals surface area contributed by atoms with Crippen molar-refractivity contribution in [3.63, 3.8) is 0 Å². The Morgan fingerprint density at radius 1 is 0.905 bits per heavy atom. The lowest BCUT2D eigenvalue weighted by Gasteiger charge is -2.25. The number of rotatable bonds is 11. The Morgan fingerprint density at radius 3 is 2.31 bits per heavy atom. The van der Waals surface area contributed by atoms with Gasteiger partial charge in [-0.2, -0.15) is 0 Å². The van der Waals surface area contributed by atoms with Gasteiger partial charge in [-0.15, -0.1) is 0 Å². The van der Waals surface area contributed by atoms with Crippen LogP contribution in [-0.4, -0.2) is 33.3 Å². The molecule has 0 radical (unpaired) electrons. The van der Waals surface area contributed by atoms with E-state index in [2.05, 4.69) is 11.9 Å². The third-order valence-corrected chi connectivity index (χ3v) is 7.36. The molecule has 0 saturated carbocycles. The lowest BCUT2D eigenvalue weighted by Crippen LogP contribution is -2.29. The fourth-order valence-electron chi connectivity index (χ4n) is 4.96. The number of hydrogen-bond donors (Lipinski definition) is 1. The van der Waals surface area contributed by atoms with Crippen molar-refractivity contribution in [1.29, 1.82) is 0 Å². The van der Waals surface area contributed by atoms with Crippen LogP contribution in [0.4, 0.5) is 0 Å². The first-order valence-electron chi connectivity index (χ1n) is 14.1. The van der Waals surface area contributed by atoms with Gasteiger partial charge in [0.1, 0.15) is 23.9 Å². The second-order valence-corrected chi connectivity index (χ2v) is 10.3. The maximum Gasteiger partial charge on any atom is 0.295 e. The van der Waals surface area contributed by atoms with E-state index in [0.29, 0.717) is 35.8 Å². The van der Waals surface area contributed by atoms with E-state index in [-0.39, 0.29) is 17.9 Å². The second-order valence-electron chi connectivity index (χ2n) is 10.3. The summed E-state index contributed by atoms with van der Waals surface area (Å²) in [6.07, 6.45) is 5.29. The standard InChI is InChI=1S/C35H34N2O5/c1-3-4-20-41-29-15-11-26(12-16-29)32-31(34(39)35(40)37(32)22-25-9-7-19-36-21-25)33(38)27-13-17-30(18-14-27)42-23-28-10-6-5-8-24(28)2/h5-19,21,32,38H,3-4,20,22-23H2,1-2H3. The molecule has 2 heterocycles. The number of aromatic nitrogens is 1. The van der Waals surface area contributed by atoms with Gasteiger partial charge in [0.2, 0.25) is 0 Å². The number of ether oxygens (including phenoxy) is 2. The largest absolute Gasteiger partial charge is 0.507 e. The van der Waals surface area contributed by atoms with Crippen molar-refractivity contribution >= 4 is 17.4 Å². The zero-order chi connectivity index (χ0) is 29.5. The van der Waals surface area contributed by atoms with E-state index in [0.717, 1.165) is 29.5 Å². The Labute approximate surface area is 246 Å². The van der Waals surface area contributed by atoms with Gasteiger partial charge < -0.3 is 19.5 Å².